The maximum Gasteiger partial charge on any atom is 0.413 e. The molecule has 2 aromatic heterocycles. The Morgan fingerprint density at radius 3 is 2.46 bits per heavy atom. The van der Waals surface area contributed by atoms with Crippen LogP contribution in [0.4, 0.5) is 16.4 Å². The van der Waals surface area contributed by atoms with Gasteiger partial charge >= 0.3 is 6.09 Å². The number of anilines is 2. The summed E-state index contributed by atoms with van der Waals surface area (Å²) in [4.78, 5) is 46.1. The van der Waals surface area contributed by atoms with Crippen molar-refractivity contribution in [1.29, 1.82) is 0 Å². The molecule has 0 saturated heterocycles. The number of rotatable bonds is 9. The third-order valence-corrected chi connectivity index (χ3v) is 5.40. The van der Waals surface area contributed by atoms with Crippen LogP contribution in [0.15, 0.2) is 53.5 Å². The summed E-state index contributed by atoms with van der Waals surface area (Å²) in [5, 5.41) is 8.50. The molecule has 0 fully saturated rings. The number of carbonyl (C=O) groups is 2. The Hall–Kier alpha value is -4.21. The van der Waals surface area contributed by atoms with Crippen LogP contribution in [-0.2, 0) is 29.0 Å². The number of pyridine rings is 1. The van der Waals surface area contributed by atoms with Crippen molar-refractivity contribution >= 4 is 23.6 Å². The van der Waals surface area contributed by atoms with Crippen molar-refractivity contribution in [2.24, 2.45) is 0 Å². The first-order valence-corrected chi connectivity index (χ1v) is 12.1. The lowest BCUT2D eigenvalue weighted by atomic mass is 10.1. The van der Waals surface area contributed by atoms with Gasteiger partial charge in [-0.2, -0.15) is 0 Å². The van der Waals surface area contributed by atoms with Gasteiger partial charge in [0.25, 0.3) is 5.56 Å². The Morgan fingerprint density at radius 2 is 1.78 bits per heavy atom. The van der Waals surface area contributed by atoms with Crippen LogP contribution in [0.1, 0.15) is 43.3 Å². The molecule has 3 rings (SSSR count). The predicted molar refractivity (Wildman–Crippen MR) is 143 cm³/mol. The number of benzene rings is 1. The summed E-state index contributed by atoms with van der Waals surface area (Å²) in [7, 11) is 0. The first kappa shape index (κ1) is 27.4. The molecule has 2 amide bonds. The van der Waals surface area contributed by atoms with E-state index < -0.39 is 11.7 Å². The number of aryl methyl sites for hydroxylation is 2. The van der Waals surface area contributed by atoms with Crippen LogP contribution in [0.2, 0.25) is 0 Å². The van der Waals surface area contributed by atoms with Gasteiger partial charge in [-0.3, -0.25) is 19.5 Å². The minimum absolute atomic E-state index is 0.134. The zero-order valence-corrected chi connectivity index (χ0v) is 21.9. The molecule has 10 nitrogen and oxygen atoms in total. The van der Waals surface area contributed by atoms with Crippen LogP contribution in [0.5, 0.6) is 0 Å². The number of nitrogens with zero attached hydrogens (tertiary/aromatic N) is 3. The fourth-order valence-electron chi connectivity index (χ4n) is 3.51. The van der Waals surface area contributed by atoms with Crippen molar-refractivity contribution in [3.05, 3.63) is 81.5 Å². The fourth-order valence-corrected chi connectivity index (χ4v) is 3.51. The molecular weight excluding hydrogens is 472 g/mol. The van der Waals surface area contributed by atoms with Gasteiger partial charge in [-0.25, -0.2) is 14.8 Å². The number of carbonyl (C=O) groups excluding carboxylic acids is 2. The van der Waals surface area contributed by atoms with Crippen molar-refractivity contribution in [1.82, 2.24) is 19.9 Å². The third kappa shape index (κ3) is 8.45. The van der Waals surface area contributed by atoms with Gasteiger partial charge in [0.1, 0.15) is 18.0 Å². The molecular formula is C27H34N6O4. The minimum atomic E-state index is -0.614. The molecule has 0 aliphatic rings. The maximum absolute atomic E-state index is 12.9. The Balaban J connectivity index is 1.56. The normalized spacial score (nSPS) is 11.1. The van der Waals surface area contributed by atoms with Crippen LogP contribution < -0.4 is 21.5 Å². The van der Waals surface area contributed by atoms with Crippen LogP contribution in [0.25, 0.3) is 0 Å². The summed E-state index contributed by atoms with van der Waals surface area (Å²) < 4.78 is 6.63. The first-order chi connectivity index (χ1) is 17.5. The zero-order valence-electron chi connectivity index (χ0n) is 21.9. The molecule has 0 atom stereocenters. The predicted octanol–water partition coefficient (Wildman–Crippen LogP) is 3.57. The molecule has 0 spiro atoms. The van der Waals surface area contributed by atoms with E-state index in [-0.39, 0.29) is 30.4 Å². The quantitative estimate of drug-likeness (QED) is 0.405. The third-order valence-electron chi connectivity index (χ3n) is 5.40. The van der Waals surface area contributed by atoms with Crippen molar-refractivity contribution in [2.45, 2.75) is 59.7 Å². The summed E-state index contributed by atoms with van der Waals surface area (Å²) in [6, 6.07) is 13.4. The van der Waals surface area contributed by atoms with E-state index in [4.69, 9.17) is 4.74 Å². The van der Waals surface area contributed by atoms with Gasteiger partial charge in [0, 0.05) is 30.7 Å². The lowest BCUT2D eigenvalue weighted by Gasteiger charge is -2.19. The highest BCUT2D eigenvalue weighted by Crippen LogP contribution is 2.13. The summed E-state index contributed by atoms with van der Waals surface area (Å²) in [5.74, 6) is 0.248. The van der Waals surface area contributed by atoms with E-state index >= 15 is 0 Å². The highest BCUT2D eigenvalue weighted by Gasteiger charge is 2.17. The van der Waals surface area contributed by atoms with Crippen molar-refractivity contribution in [2.75, 3.05) is 17.2 Å². The first-order valence-electron chi connectivity index (χ1n) is 12.1. The summed E-state index contributed by atoms with van der Waals surface area (Å²) in [5.41, 5.74) is 2.21. The molecule has 0 bridgehead atoms. The van der Waals surface area contributed by atoms with E-state index in [1.165, 1.54) is 4.57 Å². The zero-order chi connectivity index (χ0) is 27.0. The van der Waals surface area contributed by atoms with E-state index in [9.17, 15) is 14.4 Å². The number of hydrogen-bond donors (Lipinski definition) is 3. The van der Waals surface area contributed by atoms with Gasteiger partial charge in [-0.15, -0.1) is 0 Å². The molecule has 0 aliphatic carbocycles. The van der Waals surface area contributed by atoms with Gasteiger partial charge < -0.3 is 15.4 Å². The standard InChI is InChI=1S/C27H34N6O4/c1-18-15-30-24(28-14-13-20-9-7-6-8-10-20)25(35)33(18)17-23(34)29-16-21-11-12-22(31-19(21)2)32-26(36)37-27(3,4)5/h6-12,15H,13-14,16-17H2,1-5H3,(H,28,30)(H,29,34)(H,31,32,36). The monoisotopic (exact) mass is 506 g/mol. The molecule has 0 radical (unpaired) electrons. The molecule has 2 heterocycles. The van der Waals surface area contributed by atoms with Gasteiger partial charge in [-0.1, -0.05) is 36.4 Å². The van der Waals surface area contributed by atoms with Gasteiger partial charge in [0.05, 0.1) is 0 Å². The summed E-state index contributed by atoms with van der Waals surface area (Å²) in [6.45, 7) is 9.50. The second-order valence-corrected chi connectivity index (χ2v) is 9.65. The molecule has 37 heavy (non-hydrogen) atoms. The molecule has 1 aromatic carbocycles. The highest BCUT2D eigenvalue weighted by atomic mass is 16.6. The lowest BCUT2D eigenvalue weighted by Crippen LogP contribution is -2.34. The Labute approximate surface area is 216 Å². The number of amides is 2. The van der Waals surface area contributed by atoms with Gasteiger partial charge in [0.15, 0.2) is 5.82 Å². The second-order valence-electron chi connectivity index (χ2n) is 9.65. The number of nitrogens with one attached hydrogen (secondary N) is 3. The van der Waals surface area contributed by atoms with Gasteiger partial charge in [-0.05, 0) is 58.2 Å². The van der Waals surface area contributed by atoms with Crippen molar-refractivity contribution in [3.8, 4) is 0 Å². The molecule has 3 aromatic rings. The molecule has 0 saturated carbocycles. The smallest absolute Gasteiger partial charge is 0.413 e. The van der Waals surface area contributed by atoms with Crippen molar-refractivity contribution < 1.29 is 14.3 Å². The molecule has 10 heteroatoms. The van der Waals surface area contributed by atoms with E-state index in [2.05, 4.69) is 25.9 Å². The van der Waals surface area contributed by atoms with E-state index in [1.54, 1.807) is 52.9 Å². The Kier molecular flexibility index (Phi) is 9.00. The molecule has 196 valence electrons. The van der Waals surface area contributed by atoms with Gasteiger partial charge in [0.2, 0.25) is 5.91 Å². The number of ether oxygens (including phenoxy) is 1. The molecule has 0 unspecified atom stereocenters. The lowest BCUT2D eigenvalue weighted by molar-refractivity contribution is -0.121. The van der Waals surface area contributed by atoms with E-state index in [1.807, 2.05) is 30.3 Å². The largest absolute Gasteiger partial charge is 0.444 e. The molecule has 3 N–H and O–H groups in total. The van der Waals surface area contributed by atoms with Crippen LogP contribution >= 0.6 is 0 Å². The minimum Gasteiger partial charge on any atom is -0.444 e. The van der Waals surface area contributed by atoms with E-state index in [0.29, 0.717) is 23.8 Å². The average molecular weight is 507 g/mol. The van der Waals surface area contributed by atoms with Crippen molar-refractivity contribution in [3.63, 3.8) is 0 Å². The Bertz CT molecular complexity index is 1300. The maximum atomic E-state index is 12.9. The van der Waals surface area contributed by atoms with Crippen LogP contribution in [-0.4, -0.2) is 38.7 Å². The Morgan fingerprint density at radius 1 is 1.05 bits per heavy atom. The number of hydrogen-bond acceptors (Lipinski definition) is 7. The summed E-state index contributed by atoms with van der Waals surface area (Å²) >= 11 is 0. The average Bonchev–Trinajstić information content (AvgIpc) is 2.82. The molecule has 0 aliphatic heterocycles. The highest BCUT2D eigenvalue weighted by molar-refractivity contribution is 5.83. The summed E-state index contributed by atoms with van der Waals surface area (Å²) in [6.07, 6.45) is 1.73. The topological polar surface area (TPSA) is 127 Å². The van der Waals surface area contributed by atoms with Crippen LogP contribution in [0.3, 0.4) is 0 Å². The number of aromatic nitrogens is 3. The second kappa shape index (κ2) is 12.2. The fraction of sp³-hybridized carbons (Fsp3) is 0.370. The SMILES string of the molecule is Cc1nc(NC(=O)OC(C)(C)C)ccc1CNC(=O)Cn1c(C)cnc(NCCc2ccccc2)c1=O. The van der Waals surface area contributed by atoms with E-state index in [0.717, 1.165) is 17.5 Å². The van der Waals surface area contributed by atoms with Crippen LogP contribution in [0, 0.1) is 13.8 Å².